The van der Waals surface area contributed by atoms with Crippen molar-refractivity contribution in [2.75, 3.05) is 13.6 Å². The predicted molar refractivity (Wildman–Crippen MR) is 90.8 cm³/mol. The number of furan rings is 1. The molecule has 0 unspecified atom stereocenters. The Bertz CT molecular complexity index is 759. The van der Waals surface area contributed by atoms with Crippen LogP contribution >= 0.6 is 11.6 Å². The van der Waals surface area contributed by atoms with Crippen LogP contribution in [0.4, 0.5) is 0 Å². The van der Waals surface area contributed by atoms with E-state index < -0.39 is 0 Å². The lowest BCUT2D eigenvalue weighted by Crippen LogP contribution is -2.46. The Hall–Kier alpha value is -2.01. The highest BCUT2D eigenvalue weighted by Gasteiger charge is 2.23. The molecule has 0 bridgehead atoms. The van der Waals surface area contributed by atoms with Crippen LogP contribution in [0, 0.1) is 6.92 Å². The van der Waals surface area contributed by atoms with Crippen LogP contribution in [0.1, 0.15) is 36.9 Å². The maximum Gasteiger partial charge on any atom is 0.290 e. The minimum absolute atomic E-state index is 0.0344. The molecule has 2 aromatic rings. The lowest BCUT2D eigenvalue weighted by molar-refractivity contribution is -0.122. The molecule has 6 heteroatoms. The highest BCUT2D eigenvalue weighted by Crippen LogP contribution is 2.28. The fraction of sp³-hybridized carbons (Fsp3) is 0.412. The molecule has 1 heterocycles. The summed E-state index contributed by atoms with van der Waals surface area (Å²) in [5.41, 5.74) is 0.978. The smallest absolute Gasteiger partial charge is 0.290 e. The Morgan fingerprint density at radius 2 is 1.96 bits per heavy atom. The van der Waals surface area contributed by atoms with Crippen molar-refractivity contribution in [2.45, 2.75) is 33.2 Å². The topological polar surface area (TPSA) is 62.6 Å². The normalized spacial score (nSPS) is 11.6. The number of likely N-dealkylation sites (N-methyl/N-ethyl adjacent to an activating group) is 1. The first-order valence-electron chi connectivity index (χ1n) is 7.33. The van der Waals surface area contributed by atoms with Gasteiger partial charge in [-0.25, -0.2) is 0 Å². The van der Waals surface area contributed by atoms with Crippen LogP contribution < -0.4 is 5.32 Å². The fourth-order valence-electron chi connectivity index (χ4n) is 2.32. The van der Waals surface area contributed by atoms with Crippen molar-refractivity contribution in [3.8, 4) is 0 Å². The molecule has 5 nitrogen and oxygen atoms in total. The van der Waals surface area contributed by atoms with Crippen molar-refractivity contribution >= 4 is 34.4 Å². The molecule has 2 amide bonds. The minimum Gasteiger partial charge on any atom is -0.451 e. The molecule has 0 aliphatic carbocycles. The van der Waals surface area contributed by atoms with Gasteiger partial charge in [-0.3, -0.25) is 9.59 Å². The van der Waals surface area contributed by atoms with Crippen LogP contribution in [0.5, 0.6) is 0 Å². The summed E-state index contributed by atoms with van der Waals surface area (Å²) in [4.78, 5) is 25.8. The van der Waals surface area contributed by atoms with E-state index in [9.17, 15) is 9.59 Å². The van der Waals surface area contributed by atoms with Gasteiger partial charge >= 0.3 is 0 Å². The maximum atomic E-state index is 12.5. The summed E-state index contributed by atoms with van der Waals surface area (Å²) in [6.45, 7) is 7.44. The number of aryl methyl sites for hydroxylation is 1. The molecule has 2 rings (SSSR count). The van der Waals surface area contributed by atoms with Gasteiger partial charge in [0.05, 0.1) is 6.54 Å². The highest BCUT2D eigenvalue weighted by atomic mass is 35.5. The van der Waals surface area contributed by atoms with E-state index in [1.807, 2.05) is 20.8 Å². The standard InChI is InChI=1S/C17H21ClN2O3/c1-10-12-8-11(18)6-7-13(12)23-15(10)16(22)20(5)9-14(21)19-17(2,3)4/h6-8H,9H2,1-5H3,(H,19,21). The number of nitrogens with one attached hydrogen (secondary N) is 1. The summed E-state index contributed by atoms with van der Waals surface area (Å²) < 4.78 is 5.64. The minimum atomic E-state index is -0.340. The molecule has 0 aliphatic rings. The highest BCUT2D eigenvalue weighted by molar-refractivity contribution is 6.31. The van der Waals surface area contributed by atoms with E-state index in [-0.39, 0.29) is 29.7 Å². The Kier molecular flexibility index (Phi) is 4.71. The molecule has 0 saturated carbocycles. The molecule has 1 N–H and O–H groups in total. The molecule has 1 aromatic heterocycles. The molecular weight excluding hydrogens is 316 g/mol. The number of carbonyl (C=O) groups excluding carboxylic acids is 2. The lowest BCUT2D eigenvalue weighted by Gasteiger charge is -2.23. The summed E-state index contributed by atoms with van der Waals surface area (Å²) in [5, 5.41) is 4.21. The molecule has 0 aliphatic heterocycles. The second-order valence-electron chi connectivity index (χ2n) is 6.66. The number of carbonyl (C=O) groups is 2. The Morgan fingerprint density at radius 1 is 1.30 bits per heavy atom. The fourth-order valence-corrected chi connectivity index (χ4v) is 2.49. The summed E-state index contributed by atoms with van der Waals surface area (Å²) in [5.74, 6) is -0.322. The molecule has 124 valence electrons. The monoisotopic (exact) mass is 336 g/mol. The zero-order valence-corrected chi connectivity index (χ0v) is 14.7. The largest absolute Gasteiger partial charge is 0.451 e. The van der Waals surface area contributed by atoms with Crippen molar-refractivity contribution in [3.63, 3.8) is 0 Å². The first-order valence-corrected chi connectivity index (χ1v) is 7.71. The van der Waals surface area contributed by atoms with E-state index in [1.54, 1.807) is 32.2 Å². The van der Waals surface area contributed by atoms with Crippen LogP contribution in [0.2, 0.25) is 5.02 Å². The van der Waals surface area contributed by atoms with Gasteiger partial charge in [0.15, 0.2) is 5.76 Å². The zero-order chi connectivity index (χ0) is 17.4. The molecule has 0 spiro atoms. The number of nitrogens with zero attached hydrogens (tertiary/aromatic N) is 1. The Morgan fingerprint density at radius 3 is 2.57 bits per heavy atom. The van der Waals surface area contributed by atoms with E-state index in [4.69, 9.17) is 16.0 Å². The quantitative estimate of drug-likeness (QED) is 0.934. The van der Waals surface area contributed by atoms with Gasteiger partial charge in [-0.1, -0.05) is 11.6 Å². The van der Waals surface area contributed by atoms with Crippen LogP contribution in [0.25, 0.3) is 11.0 Å². The van der Waals surface area contributed by atoms with Crippen molar-refractivity contribution in [1.82, 2.24) is 10.2 Å². The number of rotatable bonds is 3. The molecule has 1 aromatic carbocycles. The number of fused-ring (bicyclic) bond motifs is 1. The Labute approximate surface area is 140 Å². The summed E-state index contributed by atoms with van der Waals surface area (Å²) >= 11 is 5.98. The number of hydrogen-bond acceptors (Lipinski definition) is 3. The van der Waals surface area contributed by atoms with Crippen molar-refractivity contribution in [2.24, 2.45) is 0 Å². The van der Waals surface area contributed by atoms with Gasteiger partial charge in [0.25, 0.3) is 5.91 Å². The van der Waals surface area contributed by atoms with Gasteiger partial charge in [0, 0.05) is 28.6 Å². The van der Waals surface area contributed by atoms with Gasteiger partial charge in [-0.2, -0.15) is 0 Å². The molecule has 0 saturated heterocycles. The van der Waals surface area contributed by atoms with Gasteiger partial charge in [-0.15, -0.1) is 0 Å². The van der Waals surface area contributed by atoms with E-state index in [1.165, 1.54) is 4.90 Å². The maximum absolute atomic E-state index is 12.5. The van der Waals surface area contributed by atoms with E-state index >= 15 is 0 Å². The summed E-state index contributed by atoms with van der Waals surface area (Å²) in [6, 6.07) is 5.20. The van der Waals surface area contributed by atoms with E-state index in [0.29, 0.717) is 10.6 Å². The van der Waals surface area contributed by atoms with Gasteiger partial charge in [-0.05, 0) is 45.9 Å². The first kappa shape index (κ1) is 17.3. The molecule has 0 fully saturated rings. The van der Waals surface area contributed by atoms with Gasteiger partial charge in [0.1, 0.15) is 5.58 Å². The average Bonchev–Trinajstić information content (AvgIpc) is 2.73. The third-order valence-electron chi connectivity index (χ3n) is 3.33. The van der Waals surface area contributed by atoms with Crippen LogP contribution in [-0.4, -0.2) is 35.8 Å². The van der Waals surface area contributed by atoms with Crippen LogP contribution in [-0.2, 0) is 4.79 Å². The molecular formula is C17H21ClN2O3. The number of halogens is 1. The Balaban J connectivity index is 2.20. The average molecular weight is 337 g/mol. The predicted octanol–water partition coefficient (Wildman–Crippen LogP) is 3.38. The zero-order valence-electron chi connectivity index (χ0n) is 14.0. The summed E-state index contributed by atoms with van der Waals surface area (Å²) in [7, 11) is 1.57. The molecule has 0 radical (unpaired) electrons. The van der Waals surface area contributed by atoms with Gasteiger partial charge < -0.3 is 14.6 Å². The van der Waals surface area contributed by atoms with Crippen LogP contribution in [0.3, 0.4) is 0 Å². The third-order valence-corrected chi connectivity index (χ3v) is 3.57. The second-order valence-corrected chi connectivity index (χ2v) is 7.09. The molecule has 23 heavy (non-hydrogen) atoms. The van der Waals surface area contributed by atoms with E-state index in [2.05, 4.69) is 5.32 Å². The first-order chi connectivity index (χ1) is 10.6. The number of benzene rings is 1. The third kappa shape index (κ3) is 4.05. The van der Waals surface area contributed by atoms with Crippen molar-refractivity contribution in [1.29, 1.82) is 0 Å². The molecule has 0 atom stereocenters. The van der Waals surface area contributed by atoms with Crippen molar-refractivity contribution < 1.29 is 14.0 Å². The van der Waals surface area contributed by atoms with Gasteiger partial charge in [0.2, 0.25) is 5.91 Å². The van der Waals surface area contributed by atoms with Crippen molar-refractivity contribution in [3.05, 3.63) is 34.5 Å². The lowest BCUT2D eigenvalue weighted by atomic mass is 10.1. The number of amides is 2. The van der Waals surface area contributed by atoms with E-state index in [0.717, 1.165) is 10.9 Å². The SMILES string of the molecule is Cc1c(C(=O)N(C)CC(=O)NC(C)(C)C)oc2ccc(Cl)cc12. The summed E-state index contributed by atoms with van der Waals surface area (Å²) in [6.07, 6.45) is 0. The van der Waals surface area contributed by atoms with Crippen LogP contribution in [0.15, 0.2) is 22.6 Å². The number of hydrogen-bond donors (Lipinski definition) is 1. The second kappa shape index (κ2) is 6.24.